The molecule has 1 aromatic carbocycles. The van der Waals surface area contributed by atoms with E-state index in [-0.39, 0.29) is 23.2 Å². The zero-order valence-corrected chi connectivity index (χ0v) is 17.0. The molecule has 0 bridgehead atoms. The molecule has 0 heterocycles. The molecular weight excluding hydrogens is 352 g/mol. The summed E-state index contributed by atoms with van der Waals surface area (Å²) in [5.41, 5.74) is -2.41. The zero-order chi connectivity index (χ0) is 21.1. The first-order chi connectivity index (χ1) is 12.3. The molecule has 4 N–H and O–H groups in total. The Bertz CT molecular complexity index is 757. The number of rotatable bonds is 8. The van der Waals surface area contributed by atoms with Gasteiger partial charge in [0.2, 0.25) is 11.8 Å². The van der Waals surface area contributed by atoms with Gasteiger partial charge in [-0.1, -0.05) is 34.6 Å². The summed E-state index contributed by atoms with van der Waals surface area (Å²) < 4.78 is 0. The van der Waals surface area contributed by atoms with E-state index in [4.69, 9.17) is 0 Å². The van der Waals surface area contributed by atoms with Crippen LogP contribution in [0.5, 0.6) is 0 Å². The van der Waals surface area contributed by atoms with Crippen LogP contribution < -0.4 is 31.9 Å². The zero-order valence-electron chi connectivity index (χ0n) is 17.0. The number of carbonyl (C=O) groups excluding carboxylic acids is 2. The number of nitrogens with one attached hydrogen (secondary N) is 3. The van der Waals surface area contributed by atoms with Gasteiger partial charge in [-0.25, -0.2) is 0 Å². The highest BCUT2D eigenvalue weighted by Crippen LogP contribution is 2.22. The van der Waals surface area contributed by atoms with Crippen LogP contribution in [0.1, 0.15) is 41.0 Å². The van der Waals surface area contributed by atoms with E-state index in [1.54, 1.807) is 0 Å². The van der Waals surface area contributed by atoms with Crippen LogP contribution in [0.25, 0.3) is 0 Å². The average molecular weight is 382 g/mol. The first kappa shape index (κ1) is 22.6. The Kier molecular flexibility index (Phi) is 7.13. The van der Waals surface area contributed by atoms with E-state index in [2.05, 4.69) is 16.0 Å². The summed E-state index contributed by atoms with van der Waals surface area (Å²) >= 11 is 0. The lowest BCUT2D eigenvalue weighted by atomic mass is 9.85. The van der Waals surface area contributed by atoms with Crippen molar-refractivity contribution in [2.75, 3.05) is 24.5 Å². The van der Waals surface area contributed by atoms with Gasteiger partial charge in [0.1, 0.15) is 23.5 Å². The van der Waals surface area contributed by atoms with Crippen molar-refractivity contribution in [2.24, 2.45) is 11.3 Å². The normalized spacial score (nSPS) is 14.0. The van der Waals surface area contributed by atoms with Gasteiger partial charge < -0.3 is 16.0 Å². The lowest BCUT2D eigenvalue weighted by Gasteiger charge is -2.32. The molecule has 0 unspecified atom stereocenters. The molecule has 0 radical (unpaired) electrons. The Labute approximate surface area is 158 Å². The molecule has 0 aliphatic heterocycles. The predicted octanol–water partition coefficient (Wildman–Crippen LogP) is 0.212. The third-order valence-corrected chi connectivity index (χ3v) is 4.21. The van der Waals surface area contributed by atoms with Crippen molar-refractivity contribution < 1.29 is 14.8 Å². The smallest absolute Gasteiger partial charge is 0.255 e. The maximum absolute atomic E-state index is 12.8. The van der Waals surface area contributed by atoms with Crippen molar-refractivity contribution in [1.82, 2.24) is 10.6 Å². The van der Waals surface area contributed by atoms with Crippen molar-refractivity contribution in [3.8, 4) is 0 Å². The highest BCUT2D eigenvalue weighted by molar-refractivity contribution is 5.92. The van der Waals surface area contributed by atoms with Gasteiger partial charge in [-0.05, 0) is 17.8 Å². The summed E-state index contributed by atoms with van der Waals surface area (Å²) in [5, 5.41) is 18.1. The maximum Gasteiger partial charge on any atom is 0.255 e. The van der Waals surface area contributed by atoms with Crippen molar-refractivity contribution in [3.05, 3.63) is 20.4 Å². The monoisotopic (exact) mass is 382 g/mol. The molecule has 9 nitrogen and oxygen atoms in total. The van der Waals surface area contributed by atoms with Crippen molar-refractivity contribution in [1.29, 1.82) is 0 Å². The second-order valence-corrected chi connectivity index (χ2v) is 8.15. The van der Waals surface area contributed by atoms with E-state index in [0.717, 1.165) is 0 Å². The molecular formula is C18H30N4O5. The van der Waals surface area contributed by atoms with Gasteiger partial charge in [-0.15, -0.1) is 0 Å². The predicted molar refractivity (Wildman–Crippen MR) is 104 cm³/mol. The Morgan fingerprint density at radius 2 is 1.67 bits per heavy atom. The molecule has 152 valence electrons. The quantitative estimate of drug-likeness (QED) is 0.374. The Balaban J connectivity index is 3.12. The lowest BCUT2D eigenvalue weighted by Crippen LogP contribution is -2.56. The molecule has 0 saturated carbocycles. The average Bonchev–Trinajstić information content (AvgIpc) is 2.55. The fraction of sp³-hybridized carbons (Fsp3) is 0.667. The summed E-state index contributed by atoms with van der Waals surface area (Å²) in [6.07, 6.45) is 0.365. The van der Waals surface area contributed by atoms with E-state index in [1.807, 2.05) is 34.6 Å². The standard InChI is InChI=1S/C18H30N4O5/c1-9(2)8-10(20-11-12(22(7)27)14(24)13(11)23)16(25)21-15(17(26)19-6)18(3,4)5/h9-10,15,20,27H,8H2,1-7H3,(H,19,26)(H,21,25)/t10-,15+/m0/s1. The SMILES string of the molecule is CNC(=O)[C@@H](NC(=O)[C@H](CC(C)C)Nc1c(N(C)O)c(=O)c1=O)C(C)(C)C. The van der Waals surface area contributed by atoms with Crippen LogP contribution in [0.15, 0.2) is 9.59 Å². The third-order valence-electron chi connectivity index (χ3n) is 4.21. The molecule has 2 amide bonds. The molecule has 27 heavy (non-hydrogen) atoms. The molecule has 0 aliphatic rings. The van der Waals surface area contributed by atoms with E-state index in [9.17, 15) is 24.4 Å². The van der Waals surface area contributed by atoms with Gasteiger partial charge in [0.05, 0.1) is 0 Å². The van der Waals surface area contributed by atoms with Crippen LogP contribution in [0.3, 0.4) is 0 Å². The third kappa shape index (κ3) is 5.29. The van der Waals surface area contributed by atoms with Gasteiger partial charge in [0.15, 0.2) is 0 Å². The molecule has 0 fully saturated rings. The summed E-state index contributed by atoms with van der Waals surface area (Å²) in [7, 11) is 2.71. The summed E-state index contributed by atoms with van der Waals surface area (Å²) in [4.78, 5) is 48.5. The van der Waals surface area contributed by atoms with Crippen LogP contribution in [0.2, 0.25) is 0 Å². The van der Waals surface area contributed by atoms with Crippen molar-refractivity contribution in [3.63, 3.8) is 0 Å². The largest absolute Gasteiger partial charge is 0.368 e. The lowest BCUT2D eigenvalue weighted by molar-refractivity contribution is -0.131. The second kappa shape index (κ2) is 8.51. The fourth-order valence-electron chi connectivity index (χ4n) is 2.76. The van der Waals surface area contributed by atoms with Crippen LogP contribution in [-0.4, -0.2) is 43.2 Å². The summed E-state index contributed by atoms with van der Waals surface area (Å²) in [6, 6.07) is -1.62. The van der Waals surface area contributed by atoms with Crippen molar-refractivity contribution in [2.45, 2.75) is 53.1 Å². The van der Waals surface area contributed by atoms with Gasteiger partial charge >= 0.3 is 0 Å². The van der Waals surface area contributed by atoms with Crippen LogP contribution in [-0.2, 0) is 9.59 Å². The van der Waals surface area contributed by atoms with Crippen LogP contribution in [0, 0.1) is 11.3 Å². The number of amides is 2. The number of carbonyl (C=O) groups is 2. The van der Waals surface area contributed by atoms with Crippen molar-refractivity contribution >= 4 is 23.2 Å². The van der Waals surface area contributed by atoms with Gasteiger partial charge in [-0.3, -0.25) is 29.4 Å². The number of hydrogen-bond donors (Lipinski definition) is 4. The number of likely N-dealkylation sites (N-methyl/N-ethyl adjacent to an activating group) is 1. The molecule has 2 atom stereocenters. The Morgan fingerprint density at radius 3 is 2.07 bits per heavy atom. The van der Waals surface area contributed by atoms with Crippen LogP contribution in [0.4, 0.5) is 11.4 Å². The summed E-state index contributed by atoms with van der Waals surface area (Å²) in [6.45, 7) is 9.29. The minimum atomic E-state index is -0.846. The second-order valence-electron chi connectivity index (χ2n) is 8.15. The van der Waals surface area contributed by atoms with E-state index < -0.39 is 34.3 Å². The van der Waals surface area contributed by atoms with Gasteiger partial charge in [0.25, 0.3) is 10.9 Å². The molecule has 0 spiro atoms. The number of hydroxylamine groups is 1. The van der Waals surface area contributed by atoms with E-state index >= 15 is 0 Å². The molecule has 0 aliphatic carbocycles. The molecule has 0 aromatic heterocycles. The molecule has 0 saturated heterocycles. The van der Waals surface area contributed by atoms with Gasteiger partial charge in [-0.2, -0.15) is 0 Å². The summed E-state index contributed by atoms with van der Waals surface area (Å²) in [5.74, 6) is -0.695. The number of nitrogens with zero attached hydrogens (tertiary/aromatic N) is 1. The first-order valence-electron chi connectivity index (χ1n) is 8.85. The Hall–Kier alpha value is -2.42. The molecule has 1 aromatic rings. The highest BCUT2D eigenvalue weighted by atomic mass is 16.5. The Morgan fingerprint density at radius 1 is 1.11 bits per heavy atom. The van der Waals surface area contributed by atoms with E-state index in [1.165, 1.54) is 14.1 Å². The minimum Gasteiger partial charge on any atom is -0.368 e. The topological polar surface area (TPSA) is 128 Å². The molecule has 9 heteroatoms. The first-order valence-corrected chi connectivity index (χ1v) is 8.85. The van der Waals surface area contributed by atoms with Crippen LogP contribution >= 0.6 is 0 Å². The minimum absolute atomic E-state index is 0.0990. The molecule has 1 rings (SSSR count). The number of hydrogen-bond acceptors (Lipinski definition) is 7. The maximum atomic E-state index is 12.8. The van der Waals surface area contributed by atoms with E-state index in [0.29, 0.717) is 11.5 Å². The van der Waals surface area contributed by atoms with Gasteiger partial charge in [0, 0.05) is 14.1 Å². The fourth-order valence-corrected chi connectivity index (χ4v) is 2.76. The number of anilines is 2. The highest BCUT2D eigenvalue weighted by Gasteiger charge is 2.35.